The first kappa shape index (κ1) is 14.9. The van der Waals surface area contributed by atoms with Gasteiger partial charge in [0.1, 0.15) is 0 Å². The quantitative estimate of drug-likeness (QED) is 0.706. The lowest BCUT2D eigenvalue weighted by Crippen LogP contribution is -2.37. The van der Waals surface area contributed by atoms with Gasteiger partial charge in [0.05, 0.1) is 12.2 Å². The molecule has 0 radical (unpaired) electrons. The number of hydrogen-bond donors (Lipinski definition) is 1. The molecule has 0 fully saturated rings. The molecular formula is C12H28N2O. The molecule has 0 aromatic carbocycles. The Kier molecular flexibility index (Phi) is 7.14. The van der Waals surface area contributed by atoms with Crippen LogP contribution in [-0.2, 0) is 4.74 Å². The summed E-state index contributed by atoms with van der Waals surface area (Å²) < 4.78 is 5.72. The summed E-state index contributed by atoms with van der Waals surface area (Å²) in [6, 6.07) is 0.570. The number of rotatable bonds is 7. The van der Waals surface area contributed by atoms with E-state index in [4.69, 9.17) is 10.5 Å². The van der Waals surface area contributed by atoms with Crippen molar-refractivity contribution in [2.24, 2.45) is 5.73 Å². The Morgan fingerprint density at radius 1 is 1.20 bits per heavy atom. The minimum atomic E-state index is -0.0312. The molecule has 0 aliphatic carbocycles. The van der Waals surface area contributed by atoms with Crippen LogP contribution in [0.2, 0.25) is 0 Å². The first-order chi connectivity index (χ1) is 6.87. The topological polar surface area (TPSA) is 38.5 Å². The van der Waals surface area contributed by atoms with Crippen molar-refractivity contribution in [2.45, 2.75) is 52.7 Å². The van der Waals surface area contributed by atoms with Crippen LogP contribution in [0.15, 0.2) is 0 Å². The number of ether oxygens (including phenoxy) is 1. The van der Waals surface area contributed by atoms with E-state index in [1.54, 1.807) is 0 Å². The minimum absolute atomic E-state index is 0.0312. The average molecular weight is 216 g/mol. The van der Waals surface area contributed by atoms with Gasteiger partial charge in [-0.3, -0.25) is 4.90 Å². The highest BCUT2D eigenvalue weighted by molar-refractivity contribution is 4.65. The number of nitrogens with two attached hydrogens (primary N) is 1. The summed E-state index contributed by atoms with van der Waals surface area (Å²) in [5, 5.41) is 0. The summed E-state index contributed by atoms with van der Waals surface area (Å²) in [7, 11) is 0. The Hall–Kier alpha value is -0.120. The third kappa shape index (κ3) is 8.85. The zero-order chi connectivity index (χ0) is 11.9. The van der Waals surface area contributed by atoms with Gasteiger partial charge in [0.25, 0.3) is 0 Å². The van der Waals surface area contributed by atoms with Crippen LogP contribution in [0.5, 0.6) is 0 Å². The van der Waals surface area contributed by atoms with Crippen LogP contribution in [0.25, 0.3) is 0 Å². The highest BCUT2D eigenvalue weighted by atomic mass is 16.5. The Labute approximate surface area is 95.0 Å². The molecule has 0 aromatic heterocycles. The second-order valence-electron chi connectivity index (χ2n) is 5.23. The molecule has 0 atom stereocenters. The molecule has 3 nitrogen and oxygen atoms in total. The van der Waals surface area contributed by atoms with E-state index in [-0.39, 0.29) is 5.60 Å². The maximum atomic E-state index is 5.72. The summed E-state index contributed by atoms with van der Waals surface area (Å²) in [4.78, 5) is 2.42. The smallest absolute Gasteiger partial charge is 0.0600 e. The molecule has 3 heteroatoms. The van der Waals surface area contributed by atoms with Crippen molar-refractivity contribution >= 4 is 0 Å². The second kappa shape index (κ2) is 7.20. The lowest BCUT2D eigenvalue weighted by molar-refractivity contribution is -0.0162. The highest BCUT2D eigenvalue weighted by Gasteiger charge is 2.12. The van der Waals surface area contributed by atoms with E-state index in [1.165, 1.54) is 0 Å². The first-order valence-corrected chi connectivity index (χ1v) is 5.95. The van der Waals surface area contributed by atoms with Crippen LogP contribution in [0.4, 0.5) is 0 Å². The summed E-state index contributed by atoms with van der Waals surface area (Å²) >= 11 is 0. The molecule has 0 bridgehead atoms. The van der Waals surface area contributed by atoms with Crippen molar-refractivity contribution < 1.29 is 4.74 Å². The van der Waals surface area contributed by atoms with Gasteiger partial charge in [-0.15, -0.1) is 0 Å². The van der Waals surface area contributed by atoms with Crippen molar-refractivity contribution in [1.82, 2.24) is 4.90 Å². The van der Waals surface area contributed by atoms with Gasteiger partial charge in [0, 0.05) is 12.6 Å². The fourth-order valence-corrected chi connectivity index (χ4v) is 1.39. The van der Waals surface area contributed by atoms with E-state index >= 15 is 0 Å². The maximum Gasteiger partial charge on any atom is 0.0600 e. The molecule has 0 spiro atoms. The van der Waals surface area contributed by atoms with Crippen molar-refractivity contribution in [3.63, 3.8) is 0 Å². The lowest BCUT2D eigenvalue weighted by Gasteiger charge is -2.28. The van der Waals surface area contributed by atoms with Crippen LogP contribution >= 0.6 is 0 Å². The van der Waals surface area contributed by atoms with Crippen LogP contribution < -0.4 is 5.73 Å². The van der Waals surface area contributed by atoms with Crippen molar-refractivity contribution in [2.75, 3.05) is 26.2 Å². The number of hydrogen-bond acceptors (Lipinski definition) is 3. The largest absolute Gasteiger partial charge is 0.375 e. The Morgan fingerprint density at radius 3 is 2.20 bits per heavy atom. The van der Waals surface area contributed by atoms with Gasteiger partial charge in [-0.2, -0.15) is 0 Å². The Bertz CT molecular complexity index is 152. The fraction of sp³-hybridized carbons (Fsp3) is 1.00. The summed E-state index contributed by atoms with van der Waals surface area (Å²) in [6.07, 6.45) is 1.06. The second-order valence-corrected chi connectivity index (χ2v) is 5.23. The molecule has 92 valence electrons. The van der Waals surface area contributed by atoms with E-state index in [9.17, 15) is 0 Å². The molecule has 0 amide bonds. The molecule has 2 N–H and O–H groups in total. The van der Waals surface area contributed by atoms with Crippen molar-refractivity contribution in [1.29, 1.82) is 0 Å². The molecule has 0 saturated heterocycles. The molecule has 15 heavy (non-hydrogen) atoms. The molecule has 0 aromatic rings. The van der Waals surface area contributed by atoms with Crippen LogP contribution in [0, 0.1) is 0 Å². The van der Waals surface area contributed by atoms with E-state index in [0.29, 0.717) is 6.04 Å². The lowest BCUT2D eigenvalue weighted by atomic mass is 10.2. The van der Waals surface area contributed by atoms with Crippen molar-refractivity contribution in [3.8, 4) is 0 Å². The van der Waals surface area contributed by atoms with Gasteiger partial charge in [-0.1, -0.05) is 0 Å². The average Bonchev–Trinajstić information content (AvgIpc) is 2.08. The first-order valence-electron chi connectivity index (χ1n) is 5.95. The Morgan fingerprint density at radius 2 is 1.80 bits per heavy atom. The van der Waals surface area contributed by atoms with Gasteiger partial charge in [0.15, 0.2) is 0 Å². The normalized spacial score (nSPS) is 12.8. The van der Waals surface area contributed by atoms with E-state index in [1.807, 2.05) is 0 Å². The van der Waals surface area contributed by atoms with Crippen molar-refractivity contribution in [3.05, 3.63) is 0 Å². The van der Waals surface area contributed by atoms with Crippen LogP contribution in [0.3, 0.4) is 0 Å². The van der Waals surface area contributed by atoms with Gasteiger partial charge in [0.2, 0.25) is 0 Å². The van der Waals surface area contributed by atoms with Crippen LogP contribution in [-0.4, -0.2) is 42.8 Å². The van der Waals surface area contributed by atoms with Gasteiger partial charge in [-0.25, -0.2) is 0 Å². The summed E-state index contributed by atoms with van der Waals surface area (Å²) in [5.74, 6) is 0. The fourth-order valence-electron chi connectivity index (χ4n) is 1.39. The van der Waals surface area contributed by atoms with E-state index in [2.05, 4.69) is 39.5 Å². The van der Waals surface area contributed by atoms with Gasteiger partial charge >= 0.3 is 0 Å². The summed E-state index contributed by atoms with van der Waals surface area (Å²) in [5.41, 5.74) is 5.49. The molecule has 0 rings (SSSR count). The van der Waals surface area contributed by atoms with Gasteiger partial charge in [-0.05, 0) is 54.1 Å². The molecular weight excluding hydrogens is 188 g/mol. The Balaban J connectivity index is 3.76. The standard InChI is InChI=1S/C12H28N2O/c1-11(2)14(8-6-7-13)9-10-15-12(3,4)5/h11H,6-10,13H2,1-5H3. The third-order valence-electron chi connectivity index (χ3n) is 2.29. The number of nitrogens with zero attached hydrogens (tertiary/aromatic N) is 1. The molecule has 0 aliphatic rings. The zero-order valence-electron chi connectivity index (χ0n) is 11.0. The molecule has 0 saturated carbocycles. The predicted octanol–water partition coefficient (Wildman–Crippen LogP) is 1.86. The minimum Gasteiger partial charge on any atom is -0.375 e. The summed E-state index contributed by atoms with van der Waals surface area (Å²) in [6.45, 7) is 14.3. The van der Waals surface area contributed by atoms with E-state index in [0.717, 1.165) is 32.7 Å². The van der Waals surface area contributed by atoms with E-state index < -0.39 is 0 Å². The maximum absolute atomic E-state index is 5.72. The van der Waals surface area contributed by atoms with Crippen LogP contribution in [0.1, 0.15) is 41.0 Å². The molecule has 0 heterocycles. The SMILES string of the molecule is CC(C)N(CCCN)CCOC(C)(C)C. The third-order valence-corrected chi connectivity index (χ3v) is 2.29. The highest BCUT2D eigenvalue weighted by Crippen LogP contribution is 2.07. The predicted molar refractivity (Wildman–Crippen MR) is 66.1 cm³/mol. The zero-order valence-corrected chi connectivity index (χ0v) is 11.0. The molecule has 0 aliphatic heterocycles. The molecule has 0 unspecified atom stereocenters. The monoisotopic (exact) mass is 216 g/mol. The van der Waals surface area contributed by atoms with Gasteiger partial charge < -0.3 is 10.5 Å².